The van der Waals surface area contributed by atoms with Crippen LogP contribution in [0.5, 0.6) is 0 Å². The Hall–Kier alpha value is -6.28. The van der Waals surface area contributed by atoms with Crippen molar-refractivity contribution in [3.63, 3.8) is 0 Å². The van der Waals surface area contributed by atoms with Gasteiger partial charge in [-0.1, -0.05) is 68.4 Å². The lowest BCUT2D eigenvalue weighted by Gasteiger charge is -2.46. The van der Waals surface area contributed by atoms with Crippen LogP contribution in [0.15, 0.2) is 91.0 Å². The number of rotatable bonds is 1. The molecule has 0 saturated heterocycles. The van der Waals surface area contributed by atoms with Crippen molar-refractivity contribution in [2.24, 2.45) is 0 Å². The molecular formula is C37H21BN6. The Kier molecular flexibility index (Phi) is 5.12. The number of hydrogen-bond donors (Lipinski definition) is 0. The molecule has 0 spiro atoms. The van der Waals surface area contributed by atoms with Gasteiger partial charge in [-0.05, 0) is 58.5 Å². The molecule has 2 aliphatic rings. The Morgan fingerprint density at radius 3 is 1.82 bits per heavy atom. The fourth-order valence-electron chi connectivity index (χ4n) is 7.44. The first-order valence-electron chi connectivity index (χ1n) is 14.3. The van der Waals surface area contributed by atoms with Crippen LogP contribution in [-0.4, -0.2) is 11.4 Å². The van der Waals surface area contributed by atoms with Gasteiger partial charge in [0.05, 0.1) is 56.8 Å². The second-order valence-corrected chi connectivity index (χ2v) is 11.8. The predicted molar refractivity (Wildman–Crippen MR) is 172 cm³/mol. The van der Waals surface area contributed by atoms with Gasteiger partial charge >= 0.3 is 6.85 Å². The second-order valence-electron chi connectivity index (χ2n) is 11.8. The van der Waals surface area contributed by atoms with Crippen molar-refractivity contribution in [3.8, 4) is 30.0 Å². The van der Waals surface area contributed by atoms with Crippen molar-refractivity contribution in [1.82, 2.24) is 4.57 Å². The largest absolute Gasteiger partial charge is 0.374 e. The molecular weight excluding hydrogens is 539 g/mol. The zero-order valence-corrected chi connectivity index (χ0v) is 23.9. The molecule has 1 aromatic heterocycles. The van der Waals surface area contributed by atoms with E-state index in [1.54, 1.807) is 12.1 Å². The van der Waals surface area contributed by atoms with Crippen molar-refractivity contribution in [1.29, 1.82) is 21.0 Å². The third-order valence-electron chi connectivity index (χ3n) is 9.30. The van der Waals surface area contributed by atoms with Gasteiger partial charge in [0.1, 0.15) is 12.1 Å². The maximum absolute atomic E-state index is 10.6. The summed E-state index contributed by atoms with van der Waals surface area (Å²) in [4.78, 5) is 2.13. The highest BCUT2D eigenvalue weighted by molar-refractivity contribution is 6.92. The number of hydrogen-bond acceptors (Lipinski definition) is 5. The second kappa shape index (κ2) is 8.86. The zero-order valence-electron chi connectivity index (χ0n) is 23.9. The minimum absolute atomic E-state index is 0.363. The molecule has 5 aromatic carbocycles. The first-order chi connectivity index (χ1) is 21.4. The first-order valence-corrected chi connectivity index (χ1v) is 14.3. The van der Waals surface area contributed by atoms with Gasteiger partial charge in [-0.2, -0.15) is 21.0 Å². The van der Waals surface area contributed by atoms with Crippen molar-refractivity contribution in [2.45, 2.75) is 19.3 Å². The molecule has 8 rings (SSSR count). The van der Waals surface area contributed by atoms with Crippen molar-refractivity contribution < 1.29 is 0 Å². The van der Waals surface area contributed by atoms with Crippen LogP contribution in [0.4, 0.5) is 11.4 Å². The molecule has 202 valence electrons. The molecule has 2 aliphatic heterocycles. The molecule has 44 heavy (non-hydrogen) atoms. The molecule has 0 N–H and O–H groups in total. The number of para-hydroxylation sites is 3. The van der Waals surface area contributed by atoms with Crippen LogP contribution in [0.25, 0.3) is 27.5 Å². The van der Waals surface area contributed by atoms with Gasteiger partial charge in [0.15, 0.2) is 0 Å². The highest BCUT2D eigenvalue weighted by atomic mass is 15.1. The molecule has 7 heteroatoms. The van der Waals surface area contributed by atoms with E-state index in [1.165, 1.54) is 0 Å². The molecule has 0 fully saturated rings. The molecule has 6 aromatic rings. The van der Waals surface area contributed by atoms with Crippen LogP contribution < -0.4 is 15.7 Å². The molecule has 0 aliphatic carbocycles. The van der Waals surface area contributed by atoms with Gasteiger partial charge in [-0.25, -0.2) is 0 Å². The normalized spacial score (nSPS) is 13.7. The maximum Gasteiger partial charge on any atom is 0.332 e. The quantitative estimate of drug-likeness (QED) is 0.224. The number of nitriles is 4. The van der Waals surface area contributed by atoms with E-state index in [2.05, 4.69) is 88.3 Å². The van der Waals surface area contributed by atoms with Gasteiger partial charge in [0.2, 0.25) is 0 Å². The van der Waals surface area contributed by atoms with E-state index < -0.39 is 12.3 Å². The summed E-state index contributed by atoms with van der Waals surface area (Å²) in [5.41, 5.74) is 9.00. The van der Waals surface area contributed by atoms with E-state index in [0.717, 1.165) is 49.5 Å². The number of nitrogens with zero attached hydrogens (tertiary/aromatic N) is 6. The Morgan fingerprint density at radius 2 is 1.18 bits per heavy atom. The highest BCUT2D eigenvalue weighted by Crippen LogP contribution is 2.53. The predicted octanol–water partition coefficient (Wildman–Crippen LogP) is 6.17. The SMILES string of the molecule is CC1(C)c2cc(C#N)cc(C#N)c2N(B2c3ccccc3-n3c4ccccc4c4cccc2c43)c2c(C#N)cc(C#N)cc21. The van der Waals surface area contributed by atoms with Gasteiger partial charge < -0.3 is 9.38 Å². The van der Waals surface area contributed by atoms with Gasteiger partial charge in [0, 0.05) is 21.9 Å². The Labute approximate surface area is 254 Å². The van der Waals surface area contributed by atoms with Crippen molar-refractivity contribution in [2.75, 3.05) is 4.81 Å². The summed E-state index contributed by atoms with van der Waals surface area (Å²) in [6, 6.07) is 39.2. The molecule has 0 amide bonds. The van der Waals surface area contributed by atoms with Crippen LogP contribution >= 0.6 is 0 Å². The minimum atomic E-state index is -0.715. The maximum atomic E-state index is 10.6. The molecule has 3 heterocycles. The monoisotopic (exact) mass is 560 g/mol. The molecule has 0 radical (unpaired) electrons. The summed E-state index contributed by atoms with van der Waals surface area (Å²) < 4.78 is 2.31. The standard InChI is InChI=1S/C37H21BN6/c1-37(2)28-16-22(18-39)14-24(20-41)34(28)44(35-25(21-42)15-23(19-40)17-29(35)37)38-30-10-4-6-13-33(30)43-32-12-5-3-8-26(32)27-9-7-11-31(38)36(27)43/h3-17H,1-2H3. The Bertz CT molecular complexity index is 2360. The topological polar surface area (TPSA) is 103 Å². The molecule has 0 unspecified atom stereocenters. The van der Waals surface area contributed by atoms with Crippen LogP contribution in [0.1, 0.15) is 47.2 Å². The smallest absolute Gasteiger partial charge is 0.332 e. The third kappa shape index (κ3) is 3.11. The van der Waals surface area contributed by atoms with Crippen LogP contribution in [0, 0.1) is 45.3 Å². The average molecular weight is 560 g/mol. The van der Waals surface area contributed by atoms with Gasteiger partial charge in [0.25, 0.3) is 0 Å². The number of fused-ring (bicyclic) bond motifs is 7. The minimum Gasteiger partial charge on any atom is -0.374 e. The van der Waals surface area contributed by atoms with Gasteiger partial charge in [-0.15, -0.1) is 0 Å². The molecule has 6 nitrogen and oxygen atoms in total. The summed E-state index contributed by atoms with van der Waals surface area (Å²) in [5.74, 6) is 0. The van der Waals surface area contributed by atoms with E-state index in [1.807, 2.05) is 38.1 Å². The number of anilines is 2. The zero-order chi connectivity index (χ0) is 30.3. The summed E-state index contributed by atoms with van der Waals surface area (Å²) >= 11 is 0. The summed E-state index contributed by atoms with van der Waals surface area (Å²) in [6.45, 7) is 3.64. The van der Waals surface area contributed by atoms with Crippen LogP contribution in [0.3, 0.4) is 0 Å². The molecule has 0 atom stereocenters. The van der Waals surface area contributed by atoms with E-state index in [9.17, 15) is 21.0 Å². The Balaban J connectivity index is 1.59. The summed E-state index contributed by atoms with van der Waals surface area (Å²) in [5, 5.41) is 43.3. The molecule has 0 bridgehead atoms. The van der Waals surface area contributed by atoms with Crippen LogP contribution in [0.2, 0.25) is 0 Å². The van der Waals surface area contributed by atoms with E-state index >= 15 is 0 Å². The lowest BCUT2D eigenvalue weighted by Crippen LogP contribution is -2.60. The van der Waals surface area contributed by atoms with Crippen molar-refractivity contribution >= 4 is 51.0 Å². The number of aromatic nitrogens is 1. The summed E-state index contributed by atoms with van der Waals surface area (Å²) in [7, 11) is 0. The highest BCUT2D eigenvalue weighted by Gasteiger charge is 2.47. The van der Waals surface area contributed by atoms with E-state index in [0.29, 0.717) is 33.6 Å². The average Bonchev–Trinajstić information content (AvgIpc) is 3.40. The van der Waals surface area contributed by atoms with E-state index in [-0.39, 0.29) is 0 Å². The third-order valence-corrected chi connectivity index (χ3v) is 9.30. The lowest BCUT2D eigenvalue weighted by molar-refractivity contribution is 0.632. The first kappa shape index (κ1) is 25.4. The van der Waals surface area contributed by atoms with Gasteiger partial charge in [-0.3, -0.25) is 0 Å². The summed E-state index contributed by atoms with van der Waals surface area (Å²) in [6.07, 6.45) is 0. The van der Waals surface area contributed by atoms with E-state index in [4.69, 9.17) is 0 Å². The van der Waals surface area contributed by atoms with Crippen LogP contribution in [-0.2, 0) is 5.41 Å². The fourth-order valence-corrected chi connectivity index (χ4v) is 7.44. The van der Waals surface area contributed by atoms with Crippen molar-refractivity contribution in [3.05, 3.63) is 124 Å². The lowest BCUT2D eigenvalue weighted by atomic mass is 9.45. The fraction of sp³-hybridized carbons (Fsp3) is 0.0811. The number of benzene rings is 5. The molecule has 0 saturated carbocycles. The Morgan fingerprint density at radius 1 is 0.614 bits per heavy atom.